The van der Waals surface area contributed by atoms with E-state index >= 15 is 0 Å². The van der Waals surface area contributed by atoms with Crippen LogP contribution >= 0.6 is 0 Å². The minimum atomic E-state index is -1.72. The van der Waals surface area contributed by atoms with Crippen molar-refractivity contribution in [2.45, 2.75) is 160 Å². The van der Waals surface area contributed by atoms with E-state index in [4.69, 9.17) is 16.1 Å². The maximum atomic E-state index is 13.2. The third-order valence-corrected chi connectivity index (χ3v) is 8.16. The minimum absolute atomic E-state index is 0.0205. The van der Waals surface area contributed by atoms with Gasteiger partial charge in [0.15, 0.2) is 0 Å². The van der Waals surface area contributed by atoms with Crippen LogP contribution in [-0.2, 0) is 33.6 Å². The number of hydrogen-bond donors (Lipinski definition) is 6. The molecule has 0 saturated carbocycles. The van der Waals surface area contributed by atoms with E-state index in [1.165, 1.54) is 57.8 Å². The lowest BCUT2D eigenvalue weighted by molar-refractivity contribution is -0.155. The number of carboxylic acid groups (broad SMARTS) is 4. The number of hydrogen-bond acceptors (Lipinski definition) is 8. The highest BCUT2D eigenvalue weighted by Crippen LogP contribution is 2.19. The number of carbonyl (C=O) groups is 7. The molecule has 0 aromatic rings. The highest BCUT2D eigenvalue weighted by atomic mass is 16.4. The second-order valence-corrected chi connectivity index (χ2v) is 12.2. The van der Waals surface area contributed by atoms with E-state index in [9.17, 15) is 43.8 Å². The molecule has 0 aromatic carbocycles. The van der Waals surface area contributed by atoms with Gasteiger partial charge in [0, 0.05) is 25.7 Å². The fraction of sp³-hybridized carbons (Fsp3) is 0.788. The van der Waals surface area contributed by atoms with Gasteiger partial charge in [-0.15, -0.1) is 0 Å². The fourth-order valence-electron chi connectivity index (χ4n) is 5.31. The van der Waals surface area contributed by atoms with Gasteiger partial charge in [-0.2, -0.15) is 0 Å². The average molecular weight is 672 g/mol. The van der Waals surface area contributed by atoms with Gasteiger partial charge in [0.25, 0.3) is 0 Å². The summed E-state index contributed by atoms with van der Waals surface area (Å²) in [5.41, 5.74) is 0. The third-order valence-electron chi connectivity index (χ3n) is 8.16. The van der Waals surface area contributed by atoms with Gasteiger partial charge in [-0.1, -0.05) is 96.8 Å². The molecule has 0 aromatic heterocycles. The molecule has 3 atom stereocenters. The lowest BCUT2D eigenvalue weighted by Crippen LogP contribution is -2.53. The summed E-state index contributed by atoms with van der Waals surface area (Å²) in [5, 5.41) is 39.1. The smallest absolute Gasteiger partial charge is 0.328 e. The summed E-state index contributed by atoms with van der Waals surface area (Å²) < 4.78 is 0. The van der Waals surface area contributed by atoms with Crippen LogP contribution in [0.3, 0.4) is 0 Å². The third kappa shape index (κ3) is 21.8. The normalized spacial score (nSPS) is 12.9. The summed E-state index contributed by atoms with van der Waals surface area (Å²) in [6, 6.07) is -3.22. The van der Waals surface area contributed by atoms with Gasteiger partial charge in [-0.05, 0) is 25.7 Å². The molecule has 47 heavy (non-hydrogen) atoms. The van der Waals surface area contributed by atoms with E-state index in [2.05, 4.69) is 12.2 Å². The highest BCUT2D eigenvalue weighted by Gasteiger charge is 2.36. The van der Waals surface area contributed by atoms with Crippen molar-refractivity contribution in [2.24, 2.45) is 11.8 Å². The Morgan fingerprint density at radius 3 is 1.45 bits per heavy atom. The quantitative estimate of drug-likeness (QED) is 0.0194. The summed E-state index contributed by atoms with van der Waals surface area (Å²) in [6.45, 7) is 2.22. The number of Topliss-reactive ketones (excluding diaryl/α,β-unsaturated/α-hetero) is 1. The Kier molecular flexibility index (Phi) is 24.5. The molecule has 7 N–H and O–H groups in total. The van der Waals surface area contributed by atoms with E-state index < -0.39 is 91.6 Å². The summed E-state index contributed by atoms with van der Waals surface area (Å²) in [5.74, 6) is -3.76. The molecule has 0 saturated heterocycles. The maximum Gasteiger partial charge on any atom is 0.328 e. The molecule has 0 radical (unpaired) electrons. The summed E-state index contributed by atoms with van der Waals surface area (Å²) in [6.07, 6.45) is 14.0. The number of rotatable bonds is 31. The lowest BCUT2D eigenvalue weighted by atomic mass is 9.92. The lowest BCUT2D eigenvalue weighted by Gasteiger charge is -2.27. The Balaban J connectivity index is 4.99. The molecule has 0 bridgehead atoms. The molecule has 3 unspecified atom stereocenters. The van der Waals surface area contributed by atoms with Gasteiger partial charge in [-0.3, -0.25) is 29.0 Å². The predicted octanol–water partition coefficient (Wildman–Crippen LogP) is 4.67. The average Bonchev–Trinajstić information content (AvgIpc) is 3.00. The number of nitrogens with two attached hydrogens (primary N) is 1. The first-order valence-electron chi connectivity index (χ1n) is 17.1. The zero-order valence-electron chi connectivity index (χ0n) is 28.0. The van der Waals surface area contributed by atoms with Crippen LogP contribution in [0.2, 0.25) is 0 Å². The standard InChI is InChI=1S/C33H57N3O11/c1-2-3-4-5-6-7-8-9-10-11-12-13-14-15-16-17-27(37)24(31(43)36(34)26(33(46)47)20-23-30(41)42)18-21-28(38)35-25(32(44)45)19-22-29(39)40/h24-26H,2-23,34H2,1H3,(H,35,38)(H,39,40)(H,41,42)(H,44,45)(H,46,47). The number of carboxylic acids is 4. The van der Waals surface area contributed by atoms with Gasteiger partial charge in [0.1, 0.15) is 17.9 Å². The molecule has 0 rings (SSSR count). The van der Waals surface area contributed by atoms with E-state index in [1.54, 1.807) is 0 Å². The zero-order valence-corrected chi connectivity index (χ0v) is 28.0. The Morgan fingerprint density at radius 1 is 0.574 bits per heavy atom. The van der Waals surface area contributed by atoms with E-state index in [1.807, 2.05) is 0 Å². The van der Waals surface area contributed by atoms with Crippen LogP contribution in [0, 0.1) is 5.92 Å². The van der Waals surface area contributed by atoms with E-state index in [-0.39, 0.29) is 12.8 Å². The maximum absolute atomic E-state index is 13.2. The van der Waals surface area contributed by atoms with Crippen LogP contribution in [0.15, 0.2) is 0 Å². The molecule has 14 heteroatoms. The fourth-order valence-corrected chi connectivity index (χ4v) is 5.31. The number of aliphatic carboxylic acids is 4. The Morgan fingerprint density at radius 2 is 1.02 bits per heavy atom. The van der Waals surface area contributed by atoms with Crippen molar-refractivity contribution in [3.8, 4) is 0 Å². The number of nitrogens with zero attached hydrogens (tertiary/aromatic N) is 1. The number of unbranched alkanes of at least 4 members (excludes halogenated alkanes) is 14. The topological polar surface area (TPSA) is 242 Å². The van der Waals surface area contributed by atoms with Crippen molar-refractivity contribution in [3.05, 3.63) is 0 Å². The number of ketones is 1. The summed E-state index contributed by atoms with van der Waals surface area (Å²) in [7, 11) is 0. The summed E-state index contributed by atoms with van der Waals surface area (Å²) in [4.78, 5) is 83.8. The molecule has 0 aliphatic heterocycles. The van der Waals surface area contributed by atoms with Gasteiger partial charge in [0.2, 0.25) is 11.8 Å². The van der Waals surface area contributed by atoms with Crippen LogP contribution in [0.5, 0.6) is 0 Å². The molecule has 0 heterocycles. The Hall–Kier alpha value is -3.55. The van der Waals surface area contributed by atoms with Crippen molar-refractivity contribution in [2.75, 3.05) is 0 Å². The van der Waals surface area contributed by atoms with Gasteiger partial charge < -0.3 is 25.7 Å². The van der Waals surface area contributed by atoms with E-state index in [0.29, 0.717) is 11.4 Å². The molecular formula is C33H57N3O11. The molecule has 0 aliphatic rings. The van der Waals surface area contributed by atoms with Crippen LogP contribution in [0.1, 0.15) is 148 Å². The summed E-state index contributed by atoms with van der Waals surface area (Å²) >= 11 is 0. The van der Waals surface area contributed by atoms with Crippen molar-refractivity contribution in [1.29, 1.82) is 0 Å². The molecule has 0 aliphatic carbocycles. The van der Waals surface area contributed by atoms with Gasteiger partial charge in [0.05, 0.1) is 5.92 Å². The first-order valence-corrected chi connectivity index (χ1v) is 17.1. The van der Waals surface area contributed by atoms with Crippen molar-refractivity contribution < 1.29 is 54.0 Å². The molecular weight excluding hydrogens is 614 g/mol. The molecule has 0 spiro atoms. The molecule has 2 amide bonds. The van der Waals surface area contributed by atoms with Crippen LogP contribution in [-0.4, -0.2) is 79.0 Å². The Bertz CT molecular complexity index is 989. The monoisotopic (exact) mass is 671 g/mol. The largest absolute Gasteiger partial charge is 0.481 e. The number of nitrogens with one attached hydrogen (secondary N) is 1. The van der Waals surface area contributed by atoms with Crippen molar-refractivity contribution in [3.63, 3.8) is 0 Å². The van der Waals surface area contributed by atoms with Gasteiger partial charge in [-0.25, -0.2) is 15.4 Å². The van der Waals surface area contributed by atoms with E-state index in [0.717, 1.165) is 32.1 Å². The van der Waals surface area contributed by atoms with Crippen molar-refractivity contribution >= 4 is 41.5 Å². The van der Waals surface area contributed by atoms with Crippen LogP contribution in [0.25, 0.3) is 0 Å². The zero-order chi connectivity index (χ0) is 35.6. The minimum Gasteiger partial charge on any atom is -0.481 e. The highest BCUT2D eigenvalue weighted by molar-refractivity contribution is 6.02. The molecule has 0 fully saturated rings. The second-order valence-electron chi connectivity index (χ2n) is 12.2. The SMILES string of the molecule is CCCCCCCCCCCCCCCCCC(=O)C(CCC(=O)NC(CCC(=O)O)C(=O)O)C(=O)N(N)C(CCC(=O)O)C(=O)O. The number of carbonyl (C=O) groups excluding carboxylic acids is 3. The predicted molar refractivity (Wildman–Crippen MR) is 173 cm³/mol. The van der Waals surface area contributed by atoms with Crippen molar-refractivity contribution in [1.82, 2.24) is 10.3 Å². The molecule has 270 valence electrons. The van der Waals surface area contributed by atoms with Crippen LogP contribution < -0.4 is 11.2 Å². The second kappa shape index (κ2) is 26.5. The number of amides is 2. The van der Waals surface area contributed by atoms with Gasteiger partial charge >= 0.3 is 23.9 Å². The molecule has 14 nitrogen and oxygen atoms in total. The first-order chi connectivity index (χ1) is 22.3. The first kappa shape index (κ1) is 43.5. The number of hydrazine groups is 1. The Labute approximate surface area is 277 Å². The van der Waals surface area contributed by atoms with Crippen LogP contribution in [0.4, 0.5) is 0 Å².